The number of unbranched alkanes of at least 4 members (excludes halogenated alkanes) is 11. The van der Waals surface area contributed by atoms with Crippen LogP contribution in [0.15, 0.2) is 0 Å². The van der Waals surface area contributed by atoms with Crippen molar-refractivity contribution in [1.29, 1.82) is 0 Å². The standard InChI is InChI=1S/C21H42O2/c1-4-7-9-11-13-15-17-19-20(23-21(22)6-3)18-16-14-12-10-8-5-2/h20H,4-19H2,1-3H3. The maximum Gasteiger partial charge on any atom is 0.305 e. The zero-order chi connectivity index (χ0) is 17.2. The summed E-state index contributed by atoms with van der Waals surface area (Å²) in [4.78, 5) is 11.6. The molecule has 0 aromatic carbocycles. The van der Waals surface area contributed by atoms with Gasteiger partial charge in [0.15, 0.2) is 0 Å². The largest absolute Gasteiger partial charge is 0.462 e. The Balaban J connectivity index is 3.75. The fraction of sp³-hybridized carbons (Fsp3) is 0.952. The minimum Gasteiger partial charge on any atom is -0.462 e. The molecular formula is C21H42O2. The molecule has 1 unspecified atom stereocenters. The second-order valence-corrected chi connectivity index (χ2v) is 6.93. The van der Waals surface area contributed by atoms with Crippen molar-refractivity contribution < 1.29 is 9.53 Å². The van der Waals surface area contributed by atoms with Crippen molar-refractivity contribution >= 4 is 5.97 Å². The van der Waals surface area contributed by atoms with Crippen LogP contribution in [-0.2, 0) is 9.53 Å². The molecule has 0 aliphatic rings. The predicted molar refractivity (Wildman–Crippen MR) is 101 cm³/mol. The lowest BCUT2D eigenvalue weighted by molar-refractivity contribution is -0.149. The molecule has 0 fully saturated rings. The number of hydrogen-bond acceptors (Lipinski definition) is 2. The first-order valence-electron chi connectivity index (χ1n) is 10.4. The molecule has 2 heteroatoms. The molecular weight excluding hydrogens is 284 g/mol. The molecule has 0 rings (SSSR count). The molecule has 0 radical (unpaired) electrons. The van der Waals surface area contributed by atoms with Crippen LogP contribution in [-0.4, -0.2) is 12.1 Å². The summed E-state index contributed by atoms with van der Waals surface area (Å²) in [6.45, 7) is 6.40. The highest BCUT2D eigenvalue weighted by atomic mass is 16.5. The molecule has 23 heavy (non-hydrogen) atoms. The van der Waals surface area contributed by atoms with Gasteiger partial charge in [0.1, 0.15) is 6.10 Å². The minimum absolute atomic E-state index is 0.0241. The predicted octanol–water partition coefficient (Wildman–Crippen LogP) is 7.20. The van der Waals surface area contributed by atoms with Crippen LogP contribution in [0, 0.1) is 0 Å². The van der Waals surface area contributed by atoms with E-state index in [-0.39, 0.29) is 12.1 Å². The van der Waals surface area contributed by atoms with E-state index in [9.17, 15) is 4.79 Å². The van der Waals surface area contributed by atoms with Crippen molar-refractivity contribution in [3.05, 3.63) is 0 Å². The highest BCUT2D eigenvalue weighted by molar-refractivity contribution is 5.69. The van der Waals surface area contributed by atoms with Crippen LogP contribution in [0.5, 0.6) is 0 Å². The van der Waals surface area contributed by atoms with Crippen LogP contribution in [0.3, 0.4) is 0 Å². The van der Waals surface area contributed by atoms with E-state index in [0.717, 1.165) is 12.8 Å². The minimum atomic E-state index is -0.0241. The lowest BCUT2D eigenvalue weighted by Crippen LogP contribution is -2.17. The van der Waals surface area contributed by atoms with E-state index in [1.807, 2.05) is 6.92 Å². The van der Waals surface area contributed by atoms with Crippen molar-refractivity contribution in [2.45, 2.75) is 130 Å². The molecule has 0 spiro atoms. The first kappa shape index (κ1) is 22.5. The van der Waals surface area contributed by atoms with E-state index in [1.54, 1.807) is 0 Å². The third-order valence-electron chi connectivity index (χ3n) is 4.60. The Hall–Kier alpha value is -0.530. The summed E-state index contributed by atoms with van der Waals surface area (Å²) >= 11 is 0. The molecule has 0 bridgehead atoms. The summed E-state index contributed by atoms with van der Waals surface area (Å²) in [7, 11) is 0. The van der Waals surface area contributed by atoms with Gasteiger partial charge in [-0.2, -0.15) is 0 Å². The van der Waals surface area contributed by atoms with Gasteiger partial charge in [-0.15, -0.1) is 0 Å². The van der Waals surface area contributed by atoms with Crippen LogP contribution in [0.2, 0.25) is 0 Å². The molecule has 2 nitrogen and oxygen atoms in total. The van der Waals surface area contributed by atoms with E-state index in [1.165, 1.54) is 83.5 Å². The summed E-state index contributed by atoms with van der Waals surface area (Å²) in [5.74, 6) is -0.0241. The lowest BCUT2D eigenvalue weighted by atomic mass is 10.0. The van der Waals surface area contributed by atoms with Crippen molar-refractivity contribution in [1.82, 2.24) is 0 Å². The SMILES string of the molecule is CCCCCCCCCC(CCCCCCCC)OC(=O)CC. The maximum absolute atomic E-state index is 11.6. The van der Waals surface area contributed by atoms with E-state index in [0.29, 0.717) is 6.42 Å². The molecule has 0 saturated carbocycles. The zero-order valence-corrected chi connectivity index (χ0v) is 16.2. The van der Waals surface area contributed by atoms with Crippen molar-refractivity contribution in [2.24, 2.45) is 0 Å². The number of esters is 1. The van der Waals surface area contributed by atoms with Gasteiger partial charge < -0.3 is 4.74 Å². The molecule has 0 aliphatic heterocycles. The van der Waals surface area contributed by atoms with Gasteiger partial charge in [-0.3, -0.25) is 4.79 Å². The number of hydrogen-bond donors (Lipinski definition) is 0. The number of rotatable bonds is 17. The van der Waals surface area contributed by atoms with E-state index >= 15 is 0 Å². The van der Waals surface area contributed by atoms with Gasteiger partial charge in [-0.05, 0) is 25.7 Å². The Morgan fingerprint density at radius 2 is 1.04 bits per heavy atom. The molecule has 1 atom stereocenters. The first-order chi connectivity index (χ1) is 11.2. The molecule has 0 aromatic heterocycles. The normalized spacial score (nSPS) is 12.3. The maximum atomic E-state index is 11.6. The molecule has 0 aromatic rings. The quantitative estimate of drug-likeness (QED) is 0.209. The Kier molecular flexibility index (Phi) is 17.4. The van der Waals surface area contributed by atoms with Gasteiger partial charge in [-0.1, -0.05) is 91.4 Å². The number of ether oxygens (including phenoxy) is 1. The molecule has 0 N–H and O–H groups in total. The van der Waals surface area contributed by atoms with Crippen molar-refractivity contribution in [3.8, 4) is 0 Å². The molecule has 0 amide bonds. The molecule has 0 saturated heterocycles. The zero-order valence-electron chi connectivity index (χ0n) is 16.2. The van der Waals surface area contributed by atoms with Crippen LogP contribution in [0.25, 0.3) is 0 Å². The van der Waals surface area contributed by atoms with Crippen molar-refractivity contribution in [3.63, 3.8) is 0 Å². The summed E-state index contributed by atoms with van der Waals surface area (Å²) in [5.41, 5.74) is 0. The van der Waals surface area contributed by atoms with E-state index < -0.39 is 0 Å². The number of carbonyl (C=O) groups is 1. The first-order valence-corrected chi connectivity index (χ1v) is 10.4. The van der Waals surface area contributed by atoms with Gasteiger partial charge in [0.05, 0.1) is 0 Å². The molecule has 0 aliphatic carbocycles. The van der Waals surface area contributed by atoms with Crippen LogP contribution in [0.4, 0.5) is 0 Å². The van der Waals surface area contributed by atoms with Crippen LogP contribution < -0.4 is 0 Å². The average Bonchev–Trinajstić information content (AvgIpc) is 2.56. The average molecular weight is 327 g/mol. The third-order valence-corrected chi connectivity index (χ3v) is 4.60. The van der Waals surface area contributed by atoms with E-state index in [2.05, 4.69) is 13.8 Å². The summed E-state index contributed by atoms with van der Waals surface area (Å²) in [6.07, 6.45) is 19.9. The van der Waals surface area contributed by atoms with Crippen molar-refractivity contribution in [2.75, 3.05) is 0 Å². The highest BCUT2D eigenvalue weighted by Crippen LogP contribution is 2.17. The fourth-order valence-electron chi connectivity index (χ4n) is 3.01. The second-order valence-electron chi connectivity index (χ2n) is 6.93. The smallest absolute Gasteiger partial charge is 0.305 e. The molecule has 138 valence electrons. The van der Waals surface area contributed by atoms with Gasteiger partial charge in [0.25, 0.3) is 0 Å². The van der Waals surface area contributed by atoms with E-state index in [4.69, 9.17) is 4.74 Å². The number of carbonyl (C=O) groups excluding carboxylic acids is 1. The summed E-state index contributed by atoms with van der Waals surface area (Å²) in [6, 6.07) is 0. The van der Waals surface area contributed by atoms with Crippen LogP contribution in [0.1, 0.15) is 124 Å². The molecule has 0 heterocycles. The van der Waals surface area contributed by atoms with Gasteiger partial charge >= 0.3 is 5.97 Å². The summed E-state index contributed by atoms with van der Waals surface area (Å²) in [5, 5.41) is 0. The van der Waals surface area contributed by atoms with Gasteiger partial charge in [0, 0.05) is 6.42 Å². The van der Waals surface area contributed by atoms with Crippen LogP contribution >= 0.6 is 0 Å². The van der Waals surface area contributed by atoms with Gasteiger partial charge in [-0.25, -0.2) is 0 Å². The second kappa shape index (κ2) is 17.8. The Labute approximate surface area is 145 Å². The third kappa shape index (κ3) is 16.1. The van der Waals surface area contributed by atoms with Gasteiger partial charge in [0.2, 0.25) is 0 Å². The fourth-order valence-corrected chi connectivity index (χ4v) is 3.01. The Bertz CT molecular complexity index is 250. The lowest BCUT2D eigenvalue weighted by Gasteiger charge is -2.17. The summed E-state index contributed by atoms with van der Waals surface area (Å²) < 4.78 is 5.63. The Morgan fingerprint density at radius 1 is 0.652 bits per heavy atom. The topological polar surface area (TPSA) is 26.3 Å². The highest BCUT2D eigenvalue weighted by Gasteiger charge is 2.12. The Morgan fingerprint density at radius 3 is 1.43 bits per heavy atom. The monoisotopic (exact) mass is 326 g/mol.